The van der Waals surface area contributed by atoms with Crippen LogP contribution < -0.4 is 10.5 Å². The van der Waals surface area contributed by atoms with E-state index in [1.165, 1.54) is 16.9 Å². The molecule has 8 heteroatoms. The van der Waals surface area contributed by atoms with Gasteiger partial charge in [0, 0.05) is 34.8 Å². The van der Waals surface area contributed by atoms with Gasteiger partial charge >= 0.3 is 0 Å². The molecule has 0 spiro atoms. The molecular weight excluding hydrogens is 371 g/mol. The van der Waals surface area contributed by atoms with Crippen molar-refractivity contribution in [1.82, 2.24) is 25.0 Å². The van der Waals surface area contributed by atoms with Gasteiger partial charge in [0.15, 0.2) is 11.6 Å². The van der Waals surface area contributed by atoms with E-state index in [1.54, 1.807) is 43.8 Å². The second-order valence-corrected chi connectivity index (χ2v) is 6.58. The Morgan fingerprint density at radius 2 is 1.76 bits per heavy atom. The highest BCUT2D eigenvalue weighted by molar-refractivity contribution is 5.66. The first kappa shape index (κ1) is 18.5. The molecule has 0 aliphatic rings. The van der Waals surface area contributed by atoms with Crippen LogP contribution in [0.3, 0.4) is 0 Å². The SMILES string of the molecule is Cc1ccc(-c2cnc(N)c(O[C@H](C)c3cc(F)ccc3-n3nccn3)c2)cn1. The van der Waals surface area contributed by atoms with E-state index in [9.17, 15) is 4.39 Å². The maximum atomic E-state index is 13.9. The van der Waals surface area contributed by atoms with E-state index in [0.717, 1.165) is 16.8 Å². The molecule has 2 N–H and O–H groups in total. The number of halogens is 1. The topological polar surface area (TPSA) is 91.7 Å². The van der Waals surface area contributed by atoms with Gasteiger partial charge in [-0.25, -0.2) is 9.37 Å². The summed E-state index contributed by atoms with van der Waals surface area (Å²) in [5.41, 5.74) is 9.87. The number of hydrogen-bond donors (Lipinski definition) is 1. The number of nitrogens with two attached hydrogens (primary N) is 1. The predicted molar refractivity (Wildman–Crippen MR) is 107 cm³/mol. The van der Waals surface area contributed by atoms with E-state index in [-0.39, 0.29) is 11.6 Å². The summed E-state index contributed by atoms with van der Waals surface area (Å²) < 4.78 is 20.0. The Balaban J connectivity index is 1.67. The first-order valence-corrected chi connectivity index (χ1v) is 9.02. The third-order valence-corrected chi connectivity index (χ3v) is 4.49. The largest absolute Gasteiger partial charge is 0.482 e. The Hall–Kier alpha value is -3.81. The summed E-state index contributed by atoms with van der Waals surface area (Å²) in [6.45, 7) is 3.73. The lowest BCUT2D eigenvalue weighted by atomic mass is 10.1. The number of hydrogen-bond acceptors (Lipinski definition) is 6. The fraction of sp³-hybridized carbons (Fsp3) is 0.143. The normalized spacial score (nSPS) is 12.0. The van der Waals surface area contributed by atoms with Crippen LogP contribution in [0.4, 0.5) is 10.2 Å². The number of aromatic nitrogens is 5. The minimum absolute atomic E-state index is 0.246. The quantitative estimate of drug-likeness (QED) is 0.556. The zero-order valence-corrected chi connectivity index (χ0v) is 16.0. The minimum atomic E-state index is -0.526. The zero-order valence-electron chi connectivity index (χ0n) is 16.0. The summed E-state index contributed by atoms with van der Waals surface area (Å²) in [5.74, 6) is 0.270. The summed E-state index contributed by atoms with van der Waals surface area (Å²) >= 11 is 0. The number of nitrogen functional groups attached to an aromatic ring is 1. The minimum Gasteiger partial charge on any atom is -0.482 e. The van der Waals surface area contributed by atoms with Gasteiger partial charge in [0.1, 0.15) is 11.9 Å². The maximum absolute atomic E-state index is 13.9. The van der Waals surface area contributed by atoms with Gasteiger partial charge in [-0.3, -0.25) is 4.98 Å². The highest BCUT2D eigenvalue weighted by Crippen LogP contribution is 2.32. The maximum Gasteiger partial charge on any atom is 0.166 e. The van der Waals surface area contributed by atoms with Crippen LogP contribution in [0.5, 0.6) is 5.75 Å². The van der Waals surface area contributed by atoms with Gasteiger partial charge in [-0.2, -0.15) is 15.0 Å². The summed E-state index contributed by atoms with van der Waals surface area (Å²) in [6, 6.07) is 10.1. The molecule has 0 saturated carbocycles. The van der Waals surface area contributed by atoms with Crippen molar-refractivity contribution in [3.8, 4) is 22.6 Å². The van der Waals surface area contributed by atoms with Crippen molar-refractivity contribution in [3.05, 3.63) is 78.3 Å². The van der Waals surface area contributed by atoms with Crippen molar-refractivity contribution in [2.24, 2.45) is 0 Å². The molecule has 3 heterocycles. The van der Waals surface area contributed by atoms with Crippen LogP contribution >= 0.6 is 0 Å². The Labute approximate surface area is 167 Å². The van der Waals surface area contributed by atoms with Crippen molar-refractivity contribution in [2.45, 2.75) is 20.0 Å². The molecule has 0 aliphatic carbocycles. The highest BCUT2D eigenvalue weighted by Gasteiger charge is 2.18. The average Bonchev–Trinajstić information content (AvgIpc) is 3.25. The van der Waals surface area contributed by atoms with E-state index in [4.69, 9.17) is 10.5 Å². The van der Waals surface area contributed by atoms with Crippen LogP contribution in [0.1, 0.15) is 24.3 Å². The van der Waals surface area contributed by atoms with Gasteiger partial charge in [-0.15, -0.1) is 0 Å². The van der Waals surface area contributed by atoms with Crippen molar-refractivity contribution in [2.75, 3.05) is 5.73 Å². The first-order valence-electron chi connectivity index (χ1n) is 9.02. The predicted octanol–water partition coefficient (Wildman–Crippen LogP) is 3.89. The number of anilines is 1. The zero-order chi connectivity index (χ0) is 20.4. The van der Waals surface area contributed by atoms with E-state index in [1.807, 2.05) is 19.1 Å². The smallest absolute Gasteiger partial charge is 0.166 e. The lowest BCUT2D eigenvalue weighted by molar-refractivity contribution is 0.226. The van der Waals surface area contributed by atoms with Crippen molar-refractivity contribution in [1.29, 1.82) is 0 Å². The Morgan fingerprint density at radius 1 is 1.00 bits per heavy atom. The molecule has 1 atom stereocenters. The van der Waals surface area contributed by atoms with Gasteiger partial charge in [-0.05, 0) is 44.2 Å². The summed E-state index contributed by atoms with van der Waals surface area (Å²) in [4.78, 5) is 9.96. The summed E-state index contributed by atoms with van der Waals surface area (Å²) in [6.07, 6.45) is 6.02. The third kappa shape index (κ3) is 3.91. The van der Waals surface area contributed by atoms with Crippen LogP contribution in [-0.4, -0.2) is 25.0 Å². The van der Waals surface area contributed by atoms with Gasteiger partial charge in [-0.1, -0.05) is 6.07 Å². The van der Waals surface area contributed by atoms with E-state index >= 15 is 0 Å². The number of benzene rings is 1. The number of ether oxygens (including phenoxy) is 1. The Kier molecular flexibility index (Phi) is 4.90. The van der Waals surface area contributed by atoms with Gasteiger partial charge in [0.05, 0.1) is 18.1 Å². The monoisotopic (exact) mass is 390 g/mol. The van der Waals surface area contributed by atoms with Crippen LogP contribution in [0.15, 0.2) is 61.2 Å². The average molecular weight is 390 g/mol. The van der Waals surface area contributed by atoms with E-state index in [2.05, 4.69) is 20.2 Å². The molecule has 0 aliphatic heterocycles. The van der Waals surface area contributed by atoms with Crippen molar-refractivity contribution in [3.63, 3.8) is 0 Å². The van der Waals surface area contributed by atoms with Gasteiger partial charge in [0.2, 0.25) is 0 Å². The molecule has 0 bridgehead atoms. The second kappa shape index (κ2) is 7.67. The van der Waals surface area contributed by atoms with Crippen LogP contribution in [0.2, 0.25) is 0 Å². The fourth-order valence-corrected chi connectivity index (χ4v) is 2.97. The molecule has 0 fully saturated rings. The van der Waals surface area contributed by atoms with Crippen LogP contribution in [-0.2, 0) is 0 Å². The highest BCUT2D eigenvalue weighted by atomic mass is 19.1. The lowest BCUT2D eigenvalue weighted by Gasteiger charge is -2.19. The fourth-order valence-electron chi connectivity index (χ4n) is 2.97. The number of pyridine rings is 2. The molecule has 4 rings (SSSR count). The third-order valence-electron chi connectivity index (χ3n) is 4.49. The lowest BCUT2D eigenvalue weighted by Crippen LogP contribution is -2.11. The molecule has 1 aromatic carbocycles. The standard InChI is InChI=1S/C21H19FN6O/c1-13-3-4-15(11-24-13)16-9-20(21(23)25-12-16)29-14(2)18-10-17(22)5-6-19(18)28-26-7-8-27-28/h3-12,14H,1-2H3,(H2,23,25)/t14-/m1/s1. The van der Waals surface area contributed by atoms with Crippen LogP contribution in [0, 0.1) is 12.7 Å². The second-order valence-electron chi connectivity index (χ2n) is 6.58. The summed E-state index contributed by atoms with van der Waals surface area (Å²) in [5, 5.41) is 8.26. The van der Waals surface area contributed by atoms with Gasteiger partial charge < -0.3 is 10.5 Å². The Bertz CT molecular complexity index is 1130. The number of nitrogens with zero attached hydrogens (tertiary/aromatic N) is 5. The molecule has 29 heavy (non-hydrogen) atoms. The molecule has 0 radical (unpaired) electrons. The number of rotatable bonds is 5. The Morgan fingerprint density at radius 3 is 2.48 bits per heavy atom. The molecule has 7 nitrogen and oxygen atoms in total. The molecule has 0 unspecified atom stereocenters. The first-order chi connectivity index (χ1) is 14.0. The molecule has 4 aromatic rings. The van der Waals surface area contributed by atoms with Crippen molar-refractivity contribution >= 4 is 5.82 Å². The van der Waals surface area contributed by atoms with E-state index in [0.29, 0.717) is 17.0 Å². The summed E-state index contributed by atoms with van der Waals surface area (Å²) in [7, 11) is 0. The van der Waals surface area contributed by atoms with Crippen LogP contribution in [0.25, 0.3) is 16.8 Å². The molecule has 146 valence electrons. The molecule has 0 saturated heterocycles. The molecule has 3 aromatic heterocycles. The number of aryl methyl sites for hydroxylation is 1. The molecule has 0 amide bonds. The van der Waals surface area contributed by atoms with E-state index < -0.39 is 6.10 Å². The van der Waals surface area contributed by atoms with Gasteiger partial charge in [0.25, 0.3) is 0 Å². The van der Waals surface area contributed by atoms with Crippen molar-refractivity contribution < 1.29 is 9.13 Å². The molecular formula is C21H19FN6O.